The van der Waals surface area contributed by atoms with E-state index in [0.29, 0.717) is 26.3 Å². The average Bonchev–Trinajstić information content (AvgIpc) is 3.43. The highest BCUT2D eigenvalue weighted by atomic mass is 19.3. The normalized spacial score (nSPS) is 21.5. The number of amides is 2. The average molecular weight is 409 g/mol. The summed E-state index contributed by atoms with van der Waals surface area (Å²) in [6, 6.07) is -0.742. The van der Waals surface area contributed by atoms with Crippen LogP contribution in [-0.2, 0) is 22.6 Å². The molecule has 0 bridgehead atoms. The van der Waals surface area contributed by atoms with Gasteiger partial charge >= 0.3 is 0 Å². The molecule has 29 heavy (non-hydrogen) atoms. The molecule has 0 N–H and O–H groups in total. The monoisotopic (exact) mass is 409 g/mol. The smallest absolute Gasteiger partial charge is 0.276 e. The van der Waals surface area contributed by atoms with Gasteiger partial charge in [0.2, 0.25) is 5.91 Å². The van der Waals surface area contributed by atoms with E-state index >= 15 is 0 Å². The molecule has 0 saturated carbocycles. The molecular formula is C17H21F2N7O3. The topological polar surface area (TPSA) is 98.4 Å². The van der Waals surface area contributed by atoms with Crippen LogP contribution in [0.1, 0.15) is 16.9 Å². The van der Waals surface area contributed by atoms with Crippen LogP contribution in [0.3, 0.4) is 0 Å². The number of ether oxygens (including phenoxy) is 1. The third-order valence-electron chi connectivity index (χ3n) is 5.03. The van der Waals surface area contributed by atoms with Gasteiger partial charge in [-0.15, -0.1) is 5.10 Å². The van der Waals surface area contributed by atoms with Crippen LogP contribution in [0, 0.1) is 0 Å². The Labute approximate surface area is 165 Å². The van der Waals surface area contributed by atoms with E-state index in [-0.39, 0.29) is 24.7 Å². The van der Waals surface area contributed by atoms with Crippen LogP contribution in [-0.4, -0.2) is 91.0 Å². The van der Waals surface area contributed by atoms with E-state index in [9.17, 15) is 18.4 Å². The van der Waals surface area contributed by atoms with Crippen LogP contribution >= 0.6 is 0 Å². The second-order valence-corrected chi connectivity index (χ2v) is 7.20. The summed E-state index contributed by atoms with van der Waals surface area (Å²) in [6.45, 7) is 1.20. The molecule has 1 atom stereocenters. The Morgan fingerprint density at radius 1 is 1.28 bits per heavy atom. The molecule has 2 aromatic rings. The first-order valence-electron chi connectivity index (χ1n) is 9.31. The minimum atomic E-state index is -2.97. The van der Waals surface area contributed by atoms with Crippen molar-refractivity contribution >= 4 is 11.8 Å². The molecule has 2 saturated heterocycles. The maximum Gasteiger partial charge on any atom is 0.276 e. The third kappa shape index (κ3) is 4.42. The van der Waals surface area contributed by atoms with Crippen molar-refractivity contribution in [1.82, 2.24) is 34.3 Å². The quantitative estimate of drug-likeness (QED) is 0.683. The SMILES string of the molecule is O=C(c1cn(C[C@@H]2CC(F)(F)CN2C(=O)Cn2ccnc2)nn1)N1CCOCC1. The van der Waals surface area contributed by atoms with Crippen LogP contribution in [0.5, 0.6) is 0 Å². The lowest BCUT2D eigenvalue weighted by Gasteiger charge is -2.25. The molecule has 12 heteroatoms. The lowest BCUT2D eigenvalue weighted by atomic mass is 10.2. The fraction of sp³-hybridized carbons (Fsp3) is 0.588. The summed E-state index contributed by atoms with van der Waals surface area (Å²) in [5, 5.41) is 7.78. The molecule has 0 spiro atoms. The molecule has 2 aliphatic heterocycles. The van der Waals surface area contributed by atoms with Crippen LogP contribution in [0.25, 0.3) is 0 Å². The van der Waals surface area contributed by atoms with Gasteiger partial charge in [0.05, 0.1) is 44.9 Å². The largest absolute Gasteiger partial charge is 0.378 e. The lowest BCUT2D eigenvalue weighted by Crippen LogP contribution is -2.41. The van der Waals surface area contributed by atoms with Crippen LogP contribution in [0.2, 0.25) is 0 Å². The fourth-order valence-electron chi connectivity index (χ4n) is 3.61. The predicted octanol–water partition coefficient (Wildman–Crippen LogP) is -0.117. The minimum Gasteiger partial charge on any atom is -0.378 e. The first-order chi connectivity index (χ1) is 13.9. The molecule has 2 fully saturated rings. The number of aromatic nitrogens is 5. The van der Waals surface area contributed by atoms with Gasteiger partial charge in [0.25, 0.3) is 11.8 Å². The fourth-order valence-corrected chi connectivity index (χ4v) is 3.61. The van der Waals surface area contributed by atoms with Gasteiger partial charge in [0.1, 0.15) is 6.54 Å². The van der Waals surface area contributed by atoms with E-state index in [1.54, 1.807) is 11.1 Å². The number of imidazole rings is 1. The standard InChI is InChI=1S/C17H21F2N7O3/c18-17(19)7-13(26(11-17)15(27)10-23-2-1-20-12-23)8-25-9-14(21-22-25)16(28)24-3-5-29-6-4-24/h1-2,9,12-13H,3-8,10-11H2/t13-/m0/s1. The van der Waals surface area contributed by atoms with Crippen molar-refractivity contribution in [2.24, 2.45) is 0 Å². The summed E-state index contributed by atoms with van der Waals surface area (Å²) >= 11 is 0. The Hall–Kier alpha value is -2.89. The Balaban J connectivity index is 1.43. The van der Waals surface area contributed by atoms with Crippen molar-refractivity contribution in [2.45, 2.75) is 31.5 Å². The van der Waals surface area contributed by atoms with Crippen molar-refractivity contribution in [3.8, 4) is 0 Å². The molecule has 0 radical (unpaired) electrons. The molecule has 4 heterocycles. The molecule has 0 aromatic carbocycles. The maximum absolute atomic E-state index is 14.0. The molecule has 10 nitrogen and oxygen atoms in total. The Morgan fingerprint density at radius 2 is 2.07 bits per heavy atom. The van der Waals surface area contributed by atoms with E-state index in [2.05, 4.69) is 15.3 Å². The highest BCUT2D eigenvalue weighted by Gasteiger charge is 2.47. The zero-order valence-electron chi connectivity index (χ0n) is 15.7. The van der Waals surface area contributed by atoms with Crippen molar-refractivity contribution in [1.29, 1.82) is 0 Å². The van der Waals surface area contributed by atoms with Gasteiger partial charge < -0.3 is 19.1 Å². The number of hydrogen-bond acceptors (Lipinski definition) is 6. The van der Waals surface area contributed by atoms with Gasteiger partial charge in [-0.05, 0) is 0 Å². The second kappa shape index (κ2) is 7.85. The molecule has 2 amide bonds. The Morgan fingerprint density at radius 3 is 2.79 bits per heavy atom. The number of morpholine rings is 1. The number of likely N-dealkylation sites (tertiary alicyclic amines) is 1. The third-order valence-corrected chi connectivity index (χ3v) is 5.03. The number of halogens is 2. The van der Waals surface area contributed by atoms with Gasteiger partial charge in [-0.2, -0.15) is 0 Å². The summed E-state index contributed by atoms with van der Waals surface area (Å²) in [5.74, 6) is -3.67. The van der Waals surface area contributed by atoms with Crippen molar-refractivity contribution in [3.05, 3.63) is 30.6 Å². The van der Waals surface area contributed by atoms with E-state index < -0.39 is 30.8 Å². The highest BCUT2D eigenvalue weighted by Crippen LogP contribution is 2.33. The van der Waals surface area contributed by atoms with Crippen LogP contribution in [0.15, 0.2) is 24.9 Å². The summed E-state index contributed by atoms with van der Waals surface area (Å²) in [5.41, 5.74) is 0.146. The van der Waals surface area contributed by atoms with E-state index in [0.717, 1.165) is 0 Å². The van der Waals surface area contributed by atoms with Gasteiger partial charge in [-0.25, -0.2) is 18.4 Å². The Bertz CT molecular complexity index is 864. The number of rotatable bonds is 5. The number of nitrogens with zero attached hydrogens (tertiary/aromatic N) is 7. The summed E-state index contributed by atoms with van der Waals surface area (Å²) in [4.78, 5) is 31.7. The summed E-state index contributed by atoms with van der Waals surface area (Å²) in [7, 11) is 0. The molecule has 0 aliphatic carbocycles. The van der Waals surface area contributed by atoms with Gasteiger partial charge in [-0.1, -0.05) is 5.21 Å². The van der Waals surface area contributed by atoms with Crippen LogP contribution < -0.4 is 0 Å². The number of hydrogen-bond donors (Lipinski definition) is 0. The molecule has 4 rings (SSSR count). The second-order valence-electron chi connectivity index (χ2n) is 7.20. The highest BCUT2D eigenvalue weighted by molar-refractivity contribution is 5.92. The molecular weight excluding hydrogens is 388 g/mol. The zero-order chi connectivity index (χ0) is 20.4. The predicted molar refractivity (Wildman–Crippen MR) is 94.0 cm³/mol. The molecule has 2 aliphatic rings. The van der Waals surface area contributed by atoms with E-state index in [1.165, 1.54) is 32.9 Å². The van der Waals surface area contributed by atoms with Gasteiger partial charge in [-0.3, -0.25) is 9.59 Å². The van der Waals surface area contributed by atoms with Crippen molar-refractivity contribution in [2.75, 3.05) is 32.8 Å². The Kier molecular flexibility index (Phi) is 5.26. The van der Waals surface area contributed by atoms with Crippen LogP contribution in [0.4, 0.5) is 8.78 Å². The van der Waals surface area contributed by atoms with Gasteiger partial charge in [0.15, 0.2) is 5.69 Å². The molecule has 156 valence electrons. The van der Waals surface area contributed by atoms with E-state index in [4.69, 9.17) is 4.74 Å². The number of alkyl halides is 2. The maximum atomic E-state index is 14.0. The lowest BCUT2D eigenvalue weighted by molar-refractivity contribution is -0.134. The number of carbonyl (C=O) groups excluding carboxylic acids is 2. The van der Waals surface area contributed by atoms with Gasteiger partial charge in [0, 0.05) is 31.9 Å². The molecule has 2 aromatic heterocycles. The molecule has 0 unspecified atom stereocenters. The van der Waals surface area contributed by atoms with Crippen molar-refractivity contribution < 1.29 is 23.1 Å². The minimum absolute atomic E-state index is 0.0364. The number of carbonyl (C=O) groups is 2. The first-order valence-corrected chi connectivity index (χ1v) is 9.31. The summed E-state index contributed by atoms with van der Waals surface area (Å²) in [6.07, 6.45) is 5.55. The first kappa shape index (κ1) is 19.4. The summed E-state index contributed by atoms with van der Waals surface area (Å²) < 4.78 is 36.2. The van der Waals surface area contributed by atoms with E-state index in [1.807, 2.05) is 0 Å². The van der Waals surface area contributed by atoms with Crippen molar-refractivity contribution in [3.63, 3.8) is 0 Å². The zero-order valence-corrected chi connectivity index (χ0v) is 15.7.